The Hall–Kier alpha value is -0.300. The molecule has 0 aromatic carbocycles. The van der Waals surface area contributed by atoms with Crippen molar-refractivity contribution in [1.29, 1.82) is 0 Å². The van der Waals surface area contributed by atoms with Crippen LogP contribution < -0.4 is 0 Å². The van der Waals surface area contributed by atoms with Crippen molar-refractivity contribution >= 4 is 0 Å². The highest BCUT2D eigenvalue weighted by Gasteiger charge is 2.53. The molecule has 0 bridgehead atoms. The molecule has 2 rings (SSSR count). The van der Waals surface area contributed by atoms with Gasteiger partial charge in [-0.3, -0.25) is 0 Å². The van der Waals surface area contributed by atoms with Gasteiger partial charge in [0.2, 0.25) is 0 Å². The van der Waals surface area contributed by atoms with E-state index >= 15 is 0 Å². The van der Waals surface area contributed by atoms with Crippen LogP contribution >= 0.6 is 0 Å². The van der Waals surface area contributed by atoms with E-state index < -0.39 is 0 Å². The fraction of sp³-hybridized carbons (Fsp3) is 0.900. The average Bonchev–Trinajstić information content (AvgIpc) is 2.37. The van der Waals surface area contributed by atoms with E-state index in [1.807, 2.05) is 6.08 Å². The molecule has 1 N–H and O–H groups in total. The third-order valence-electron chi connectivity index (χ3n) is 7.01. The number of aliphatic hydroxyl groups is 1. The number of allylic oxidation sites excluding steroid dienone is 1. The smallest absolute Gasteiger partial charge is 0.0614 e. The Morgan fingerprint density at radius 2 is 1.90 bits per heavy atom. The van der Waals surface area contributed by atoms with Crippen LogP contribution in [-0.2, 0) is 0 Å². The summed E-state index contributed by atoms with van der Waals surface area (Å²) in [5.74, 6) is 2.63. The fourth-order valence-electron chi connectivity index (χ4n) is 5.87. The molecular formula is C20H36O. The molecule has 0 radical (unpaired) electrons. The highest BCUT2D eigenvalue weighted by molar-refractivity contribution is 5.05. The molecule has 0 spiro atoms. The molecule has 1 nitrogen and oxygen atoms in total. The van der Waals surface area contributed by atoms with Crippen LogP contribution in [0.2, 0.25) is 0 Å². The second-order valence-corrected chi connectivity index (χ2v) is 8.83. The second kappa shape index (κ2) is 6.44. The van der Waals surface area contributed by atoms with Gasteiger partial charge in [-0.2, -0.15) is 0 Å². The molecule has 2 aliphatic rings. The molecule has 2 fully saturated rings. The maximum atomic E-state index is 9.06. The summed E-state index contributed by atoms with van der Waals surface area (Å²) in [4.78, 5) is 0. The van der Waals surface area contributed by atoms with Gasteiger partial charge in [-0.05, 0) is 67.6 Å². The van der Waals surface area contributed by atoms with E-state index in [0.717, 1.165) is 24.2 Å². The Bertz CT molecular complexity index is 381. The molecule has 1 unspecified atom stereocenters. The molecule has 0 aromatic rings. The molecule has 0 amide bonds. The Morgan fingerprint density at radius 1 is 1.19 bits per heavy atom. The summed E-state index contributed by atoms with van der Waals surface area (Å²) in [5.41, 5.74) is 2.44. The predicted octanol–water partition coefficient (Wildman–Crippen LogP) is 5.58. The van der Waals surface area contributed by atoms with Crippen LogP contribution in [0.25, 0.3) is 0 Å². The molecule has 2 aliphatic carbocycles. The van der Waals surface area contributed by atoms with Crippen LogP contribution in [0, 0.1) is 28.6 Å². The topological polar surface area (TPSA) is 20.2 Å². The molecule has 0 saturated heterocycles. The van der Waals surface area contributed by atoms with Crippen LogP contribution in [0.15, 0.2) is 11.6 Å². The Balaban J connectivity index is 2.15. The van der Waals surface area contributed by atoms with Crippen molar-refractivity contribution in [2.24, 2.45) is 28.6 Å². The first-order valence-corrected chi connectivity index (χ1v) is 9.08. The average molecular weight is 293 g/mol. The van der Waals surface area contributed by atoms with Gasteiger partial charge < -0.3 is 5.11 Å². The zero-order valence-electron chi connectivity index (χ0n) is 14.9. The Kier molecular flexibility index (Phi) is 5.23. The van der Waals surface area contributed by atoms with Crippen LogP contribution in [0.3, 0.4) is 0 Å². The number of hydrogen-bond donors (Lipinski definition) is 1. The van der Waals surface area contributed by atoms with Crippen LogP contribution in [0.1, 0.15) is 79.6 Å². The minimum atomic E-state index is 0.193. The third-order valence-corrected chi connectivity index (χ3v) is 7.01. The molecule has 0 heterocycles. The summed E-state index contributed by atoms with van der Waals surface area (Å²) in [6, 6.07) is 0. The van der Waals surface area contributed by atoms with Crippen molar-refractivity contribution in [3.8, 4) is 0 Å². The van der Waals surface area contributed by atoms with Gasteiger partial charge in [-0.25, -0.2) is 0 Å². The van der Waals surface area contributed by atoms with Gasteiger partial charge >= 0.3 is 0 Å². The molecule has 0 aromatic heterocycles. The highest BCUT2D eigenvalue weighted by atomic mass is 16.2. The van der Waals surface area contributed by atoms with Crippen LogP contribution in [0.5, 0.6) is 0 Å². The summed E-state index contributed by atoms with van der Waals surface area (Å²) in [6.45, 7) is 12.5. The minimum Gasteiger partial charge on any atom is -0.392 e. The van der Waals surface area contributed by atoms with Gasteiger partial charge in [0.05, 0.1) is 6.61 Å². The van der Waals surface area contributed by atoms with Gasteiger partial charge in [0, 0.05) is 0 Å². The molecule has 122 valence electrons. The number of fused-ring (bicyclic) bond motifs is 1. The largest absolute Gasteiger partial charge is 0.392 e. The lowest BCUT2D eigenvalue weighted by Gasteiger charge is -2.59. The van der Waals surface area contributed by atoms with E-state index in [2.05, 4.69) is 34.6 Å². The van der Waals surface area contributed by atoms with E-state index in [1.165, 1.54) is 44.1 Å². The number of hydrogen-bond acceptors (Lipinski definition) is 1. The third kappa shape index (κ3) is 3.38. The van der Waals surface area contributed by atoms with Gasteiger partial charge in [0.1, 0.15) is 0 Å². The monoisotopic (exact) mass is 292 g/mol. The molecule has 4 atom stereocenters. The molecule has 1 heteroatoms. The maximum Gasteiger partial charge on any atom is 0.0614 e. The van der Waals surface area contributed by atoms with Crippen LogP contribution in [-0.4, -0.2) is 11.7 Å². The molecule has 21 heavy (non-hydrogen) atoms. The molecule has 2 saturated carbocycles. The Labute approximate surface area is 132 Å². The molecular weight excluding hydrogens is 256 g/mol. The van der Waals surface area contributed by atoms with Gasteiger partial charge in [0.15, 0.2) is 0 Å². The standard InChI is InChI=1S/C20H36O/c1-15(11-14-21)7-9-17-16(2)8-10-18-19(3,4)12-6-13-20(17,18)5/h11,16-18,21H,6-10,12-14H2,1-5H3/b15-11+/t16-,17?,18+,20-/m1/s1. The van der Waals surface area contributed by atoms with E-state index in [9.17, 15) is 0 Å². The minimum absolute atomic E-state index is 0.193. The zero-order chi connectivity index (χ0) is 15.7. The second-order valence-electron chi connectivity index (χ2n) is 8.83. The lowest BCUT2D eigenvalue weighted by atomic mass is 9.46. The summed E-state index contributed by atoms with van der Waals surface area (Å²) >= 11 is 0. The van der Waals surface area contributed by atoms with E-state index in [1.54, 1.807) is 0 Å². The summed E-state index contributed by atoms with van der Waals surface area (Å²) in [6.07, 6.45) is 11.6. The summed E-state index contributed by atoms with van der Waals surface area (Å²) < 4.78 is 0. The van der Waals surface area contributed by atoms with Gasteiger partial charge in [-0.15, -0.1) is 0 Å². The van der Waals surface area contributed by atoms with Crippen molar-refractivity contribution < 1.29 is 5.11 Å². The van der Waals surface area contributed by atoms with E-state index in [-0.39, 0.29) is 6.61 Å². The SMILES string of the molecule is C/C(=C\CO)CCC1[C@H](C)CC[C@H]2C(C)(C)CCC[C@]12C. The van der Waals surface area contributed by atoms with E-state index in [4.69, 9.17) is 5.11 Å². The lowest BCUT2D eigenvalue weighted by molar-refractivity contribution is -0.0957. The van der Waals surface area contributed by atoms with Crippen LogP contribution in [0.4, 0.5) is 0 Å². The van der Waals surface area contributed by atoms with E-state index in [0.29, 0.717) is 10.8 Å². The van der Waals surface area contributed by atoms with Crippen molar-refractivity contribution in [2.75, 3.05) is 6.61 Å². The number of aliphatic hydroxyl groups excluding tert-OH is 1. The first kappa shape index (κ1) is 17.1. The van der Waals surface area contributed by atoms with Gasteiger partial charge in [0.25, 0.3) is 0 Å². The van der Waals surface area contributed by atoms with Crippen molar-refractivity contribution in [3.05, 3.63) is 11.6 Å². The zero-order valence-corrected chi connectivity index (χ0v) is 14.9. The molecule has 0 aliphatic heterocycles. The number of rotatable bonds is 4. The quantitative estimate of drug-likeness (QED) is 0.670. The van der Waals surface area contributed by atoms with Gasteiger partial charge in [-0.1, -0.05) is 52.2 Å². The Morgan fingerprint density at radius 3 is 2.57 bits per heavy atom. The normalized spacial score (nSPS) is 39.9. The van der Waals surface area contributed by atoms with Crippen molar-refractivity contribution in [2.45, 2.75) is 79.6 Å². The first-order valence-electron chi connectivity index (χ1n) is 9.08. The lowest BCUT2D eigenvalue weighted by Crippen LogP contribution is -2.51. The highest BCUT2D eigenvalue weighted by Crippen LogP contribution is 2.62. The van der Waals surface area contributed by atoms with Crippen molar-refractivity contribution in [1.82, 2.24) is 0 Å². The predicted molar refractivity (Wildman–Crippen MR) is 91.2 cm³/mol. The maximum absolute atomic E-state index is 9.06. The van der Waals surface area contributed by atoms with Crippen molar-refractivity contribution in [3.63, 3.8) is 0 Å². The fourth-order valence-corrected chi connectivity index (χ4v) is 5.87. The summed E-state index contributed by atoms with van der Waals surface area (Å²) in [7, 11) is 0. The summed E-state index contributed by atoms with van der Waals surface area (Å²) in [5, 5.41) is 9.06. The first-order chi connectivity index (χ1) is 9.81.